The molecule has 23 heavy (non-hydrogen) atoms. The molecule has 3 rings (SSSR count). The van der Waals surface area contributed by atoms with Crippen molar-refractivity contribution in [1.29, 1.82) is 0 Å². The second-order valence-corrected chi connectivity index (χ2v) is 7.58. The van der Waals surface area contributed by atoms with E-state index in [2.05, 4.69) is 4.98 Å². The number of ketones is 3. The third-order valence-corrected chi connectivity index (χ3v) is 5.57. The number of carbonyl (C=O) groups excluding carboxylic acids is 3. The van der Waals surface area contributed by atoms with Crippen LogP contribution in [0.3, 0.4) is 0 Å². The normalized spacial score (nSPS) is 17.1. The van der Waals surface area contributed by atoms with E-state index in [0.717, 1.165) is 20.8 Å². The van der Waals surface area contributed by atoms with Crippen molar-refractivity contribution in [2.75, 3.05) is 0 Å². The molecular weight excluding hydrogens is 310 g/mol. The van der Waals surface area contributed by atoms with Gasteiger partial charge in [0, 0.05) is 19.3 Å². The van der Waals surface area contributed by atoms with Crippen LogP contribution < -0.4 is 0 Å². The Kier molecular flexibility index (Phi) is 4.15. The monoisotopic (exact) mass is 329 g/mol. The minimum Gasteiger partial charge on any atom is -0.300 e. The second kappa shape index (κ2) is 5.96. The molecule has 120 valence electrons. The molecule has 0 bridgehead atoms. The van der Waals surface area contributed by atoms with Gasteiger partial charge in [-0.2, -0.15) is 0 Å². The molecular formula is C18H19NO3S. The highest BCUT2D eigenvalue weighted by atomic mass is 32.1. The molecule has 2 aromatic rings. The smallest absolute Gasteiger partial charge is 0.147 e. The van der Waals surface area contributed by atoms with Gasteiger partial charge in [-0.15, -0.1) is 11.3 Å². The largest absolute Gasteiger partial charge is 0.300 e. The van der Waals surface area contributed by atoms with E-state index in [-0.39, 0.29) is 23.8 Å². The maximum atomic E-state index is 12.4. The highest BCUT2D eigenvalue weighted by Crippen LogP contribution is 2.40. The Morgan fingerprint density at radius 1 is 1.26 bits per heavy atom. The number of rotatable bonds is 5. The molecule has 1 aliphatic carbocycles. The third-order valence-electron chi connectivity index (χ3n) is 4.62. The van der Waals surface area contributed by atoms with Crippen LogP contribution in [0.4, 0.5) is 0 Å². The number of thiazole rings is 1. The van der Waals surface area contributed by atoms with E-state index in [1.807, 2.05) is 25.1 Å². The Hall–Kier alpha value is -1.88. The average molecular weight is 329 g/mol. The summed E-state index contributed by atoms with van der Waals surface area (Å²) in [6, 6.07) is 5.93. The number of benzene rings is 1. The predicted molar refractivity (Wildman–Crippen MR) is 89.7 cm³/mol. The quantitative estimate of drug-likeness (QED) is 0.788. The molecule has 5 heteroatoms. The molecule has 0 N–H and O–H groups in total. The van der Waals surface area contributed by atoms with Crippen molar-refractivity contribution < 1.29 is 14.4 Å². The van der Waals surface area contributed by atoms with Crippen LogP contribution in [-0.2, 0) is 20.8 Å². The fraction of sp³-hybridized carbons (Fsp3) is 0.444. The maximum Gasteiger partial charge on any atom is 0.147 e. The highest BCUT2D eigenvalue weighted by Gasteiger charge is 2.48. The van der Waals surface area contributed by atoms with Gasteiger partial charge >= 0.3 is 0 Å². The van der Waals surface area contributed by atoms with E-state index in [1.165, 1.54) is 6.92 Å². The first-order valence-electron chi connectivity index (χ1n) is 7.83. The summed E-state index contributed by atoms with van der Waals surface area (Å²) < 4.78 is 1.10. The van der Waals surface area contributed by atoms with Gasteiger partial charge in [-0.25, -0.2) is 4.98 Å². The lowest BCUT2D eigenvalue weighted by molar-refractivity contribution is -0.135. The second-order valence-electron chi connectivity index (χ2n) is 6.34. The number of aryl methyl sites for hydroxylation is 1. The topological polar surface area (TPSA) is 64.1 Å². The zero-order valence-corrected chi connectivity index (χ0v) is 14.2. The van der Waals surface area contributed by atoms with Crippen molar-refractivity contribution in [2.24, 2.45) is 5.41 Å². The van der Waals surface area contributed by atoms with E-state index >= 15 is 0 Å². The SMILES string of the molecule is CC(=O)CCC1(Cc2ccc3sc(C)nc3c2)C(=O)CCC1=O. The van der Waals surface area contributed by atoms with Crippen molar-refractivity contribution in [1.82, 2.24) is 4.98 Å². The fourth-order valence-corrected chi connectivity index (χ4v) is 4.17. The summed E-state index contributed by atoms with van der Waals surface area (Å²) in [7, 11) is 0. The van der Waals surface area contributed by atoms with E-state index in [9.17, 15) is 14.4 Å². The zero-order valence-electron chi connectivity index (χ0n) is 13.3. The Balaban J connectivity index is 1.94. The molecule has 0 amide bonds. The predicted octanol–water partition coefficient (Wildman–Crippen LogP) is 3.43. The van der Waals surface area contributed by atoms with Gasteiger partial charge in [-0.1, -0.05) is 6.07 Å². The third kappa shape index (κ3) is 2.98. The summed E-state index contributed by atoms with van der Waals surface area (Å²) in [5, 5.41) is 0.997. The van der Waals surface area contributed by atoms with Gasteiger partial charge in [0.05, 0.1) is 20.6 Å². The highest BCUT2D eigenvalue weighted by molar-refractivity contribution is 7.18. The summed E-state index contributed by atoms with van der Waals surface area (Å²) in [5.74, 6) is -0.0148. The molecule has 0 unspecified atom stereocenters. The molecule has 1 aromatic heterocycles. The maximum absolute atomic E-state index is 12.4. The Morgan fingerprint density at radius 2 is 1.96 bits per heavy atom. The van der Waals surface area contributed by atoms with Crippen LogP contribution in [0.2, 0.25) is 0 Å². The van der Waals surface area contributed by atoms with Crippen molar-refractivity contribution in [3.05, 3.63) is 28.8 Å². The number of nitrogens with zero attached hydrogens (tertiary/aromatic N) is 1. The van der Waals surface area contributed by atoms with Crippen LogP contribution in [-0.4, -0.2) is 22.3 Å². The molecule has 1 aromatic carbocycles. The molecule has 0 atom stereocenters. The number of aromatic nitrogens is 1. The Bertz CT molecular complexity index is 790. The molecule has 1 aliphatic rings. The molecule has 4 nitrogen and oxygen atoms in total. The lowest BCUT2D eigenvalue weighted by Gasteiger charge is -2.25. The van der Waals surface area contributed by atoms with Crippen LogP contribution in [0.25, 0.3) is 10.2 Å². The molecule has 0 aliphatic heterocycles. The minimum atomic E-state index is -1.01. The lowest BCUT2D eigenvalue weighted by atomic mass is 9.74. The minimum absolute atomic E-state index is 0.0155. The zero-order chi connectivity index (χ0) is 16.6. The van der Waals surface area contributed by atoms with E-state index in [0.29, 0.717) is 25.7 Å². The van der Waals surface area contributed by atoms with Gasteiger partial charge in [0.1, 0.15) is 17.3 Å². The summed E-state index contributed by atoms with van der Waals surface area (Å²) >= 11 is 1.63. The first-order chi connectivity index (χ1) is 10.9. The molecule has 0 saturated heterocycles. The van der Waals surface area contributed by atoms with Crippen molar-refractivity contribution in [3.63, 3.8) is 0 Å². The van der Waals surface area contributed by atoms with Crippen LogP contribution in [0.1, 0.15) is 43.2 Å². The van der Waals surface area contributed by atoms with Gasteiger partial charge in [-0.05, 0) is 44.4 Å². The summed E-state index contributed by atoms with van der Waals surface area (Å²) in [5.41, 5.74) is 0.837. The van der Waals surface area contributed by atoms with Gasteiger partial charge in [0.15, 0.2) is 0 Å². The van der Waals surface area contributed by atoms with E-state index < -0.39 is 5.41 Å². The van der Waals surface area contributed by atoms with Crippen molar-refractivity contribution in [3.8, 4) is 0 Å². The van der Waals surface area contributed by atoms with Gasteiger partial charge in [0.2, 0.25) is 0 Å². The molecule has 1 heterocycles. The molecule has 0 spiro atoms. The van der Waals surface area contributed by atoms with Crippen LogP contribution in [0.5, 0.6) is 0 Å². The standard InChI is InChI=1S/C18H19NO3S/c1-11(20)7-8-18(16(21)5-6-17(18)22)10-13-3-4-15-14(9-13)19-12(2)23-15/h3-4,9H,5-8,10H2,1-2H3. The molecule has 1 fully saturated rings. The Morgan fingerprint density at radius 3 is 2.61 bits per heavy atom. The van der Waals surface area contributed by atoms with Crippen molar-refractivity contribution in [2.45, 2.75) is 46.0 Å². The number of hydrogen-bond acceptors (Lipinski definition) is 5. The number of fused-ring (bicyclic) bond motifs is 1. The summed E-state index contributed by atoms with van der Waals surface area (Å²) in [6.45, 7) is 3.46. The van der Waals surface area contributed by atoms with E-state index in [1.54, 1.807) is 11.3 Å². The van der Waals surface area contributed by atoms with Gasteiger partial charge < -0.3 is 4.79 Å². The first-order valence-corrected chi connectivity index (χ1v) is 8.64. The van der Waals surface area contributed by atoms with Crippen LogP contribution in [0.15, 0.2) is 18.2 Å². The Labute approximate surface area is 138 Å². The molecule has 0 radical (unpaired) electrons. The number of hydrogen-bond donors (Lipinski definition) is 0. The summed E-state index contributed by atoms with van der Waals surface area (Å²) in [6.07, 6.45) is 1.58. The number of carbonyl (C=O) groups is 3. The van der Waals surface area contributed by atoms with E-state index in [4.69, 9.17) is 0 Å². The average Bonchev–Trinajstić information content (AvgIpc) is 2.99. The summed E-state index contributed by atoms with van der Waals surface area (Å²) in [4.78, 5) is 40.7. The van der Waals surface area contributed by atoms with Crippen LogP contribution >= 0.6 is 11.3 Å². The van der Waals surface area contributed by atoms with Gasteiger partial charge in [0.25, 0.3) is 0 Å². The van der Waals surface area contributed by atoms with Gasteiger partial charge in [-0.3, -0.25) is 9.59 Å². The fourth-order valence-electron chi connectivity index (χ4n) is 3.36. The number of Topliss-reactive ketones (excluding diaryl/α,β-unsaturated/α-hetero) is 3. The lowest BCUT2D eigenvalue weighted by Crippen LogP contribution is -2.35. The van der Waals surface area contributed by atoms with Crippen molar-refractivity contribution >= 4 is 38.9 Å². The van der Waals surface area contributed by atoms with Crippen LogP contribution in [0, 0.1) is 12.3 Å². The molecule has 1 saturated carbocycles. The first kappa shape index (κ1) is 16.0.